The van der Waals surface area contributed by atoms with Gasteiger partial charge in [-0.25, -0.2) is 15.0 Å². The third-order valence-corrected chi connectivity index (χ3v) is 5.21. The van der Waals surface area contributed by atoms with E-state index in [0.29, 0.717) is 23.4 Å². The largest absolute Gasteiger partial charge is 0.355 e. The normalized spacial score (nSPS) is 15.1. The molecule has 2 aromatic heterocycles. The number of amides is 1. The maximum atomic E-state index is 12.1. The SMILES string of the molecule is Cc1cc(C)nc(Nc2nc(CC(=O)NCC3CCCCC3)cs2)n1. The van der Waals surface area contributed by atoms with Crippen molar-refractivity contribution in [2.24, 2.45) is 5.92 Å². The molecule has 25 heavy (non-hydrogen) atoms. The highest BCUT2D eigenvalue weighted by molar-refractivity contribution is 7.13. The maximum absolute atomic E-state index is 12.1. The molecule has 2 N–H and O–H groups in total. The van der Waals surface area contributed by atoms with E-state index in [4.69, 9.17) is 0 Å². The van der Waals surface area contributed by atoms with Gasteiger partial charge >= 0.3 is 0 Å². The number of nitrogens with zero attached hydrogens (tertiary/aromatic N) is 3. The number of hydrogen-bond donors (Lipinski definition) is 2. The number of thiazole rings is 1. The number of anilines is 2. The van der Waals surface area contributed by atoms with Gasteiger partial charge in [-0.1, -0.05) is 19.3 Å². The van der Waals surface area contributed by atoms with Crippen molar-refractivity contribution in [3.8, 4) is 0 Å². The van der Waals surface area contributed by atoms with Gasteiger partial charge in [0.25, 0.3) is 0 Å². The highest BCUT2D eigenvalue weighted by Gasteiger charge is 2.15. The predicted octanol–water partition coefficient (Wildman–Crippen LogP) is 3.53. The summed E-state index contributed by atoms with van der Waals surface area (Å²) in [5.74, 6) is 1.23. The molecule has 0 atom stereocenters. The third-order valence-electron chi connectivity index (χ3n) is 4.41. The summed E-state index contributed by atoms with van der Waals surface area (Å²) in [6.07, 6.45) is 6.72. The van der Waals surface area contributed by atoms with Gasteiger partial charge in [-0.2, -0.15) is 0 Å². The Bertz CT molecular complexity index is 704. The lowest BCUT2D eigenvalue weighted by molar-refractivity contribution is -0.120. The van der Waals surface area contributed by atoms with Gasteiger partial charge in [-0.15, -0.1) is 11.3 Å². The molecule has 1 aliphatic carbocycles. The Balaban J connectivity index is 1.49. The van der Waals surface area contributed by atoms with Gasteiger partial charge in [-0.05, 0) is 38.7 Å². The van der Waals surface area contributed by atoms with E-state index in [0.717, 1.165) is 23.6 Å². The van der Waals surface area contributed by atoms with Crippen LogP contribution in [0.15, 0.2) is 11.4 Å². The number of carbonyl (C=O) groups excluding carboxylic acids is 1. The zero-order chi connectivity index (χ0) is 17.6. The van der Waals surface area contributed by atoms with E-state index >= 15 is 0 Å². The molecule has 0 unspecified atom stereocenters. The molecule has 0 aromatic carbocycles. The summed E-state index contributed by atoms with van der Waals surface area (Å²) in [5, 5.41) is 8.79. The summed E-state index contributed by atoms with van der Waals surface area (Å²) >= 11 is 1.46. The van der Waals surface area contributed by atoms with Crippen LogP contribution in [0.2, 0.25) is 0 Å². The molecular formula is C18H25N5OS. The van der Waals surface area contributed by atoms with Crippen LogP contribution in [0, 0.1) is 19.8 Å². The zero-order valence-electron chi connectivity index (χ0n) is 14.8. The number of rotatable bonds is 6. The van der Waals surface area contributed by atoms with Crippen LogP contribution < -0.4 is 10.6 Å². The minimum Gasteiger partial charge on any atom is -0.355 e. The highest BCUT2D eigenvalue weighted by Crippen LogP contribution is 2.23. The minimum atomic E-state index is 0.0464. The average molecular weight is 359 g/mol. The number of nitrogens with one attached hydrogen (secondary N) is 2. The van der Waals surface area contributed by atoms with E-state index in [1.807, 2.05) is 25.3 Å². The van der Waals surface area contributed by atoms with Crippen molar-refractivity contribution < 1.29 is 4.79 Å². The van der Waals surface area contributed by atoms with Crippen molar-refractivity contribution in [3.63, 3.8) is 0 Å². The van der Waals surface area contributed by atoms with Crippen molar-refractivity contribution in [1.82, 2.24) is 20.3 Å². The molecule has 7 heteroatoms. The molecule has 1 saturated carbocycles. The van der Waals surface area contributed by atoms with Crippen LogP contribution in [0.1, 0.15) is 49.2 Å². The molecule has 1 amide bonds. The second kappa shape index (κ2) is 8.38. The quantitative estimate of drug-likeness (QED) is 0.825. The second-order valence-electron chi connectivity index (χ2n) is 6.73. The first-order chi connectivity index (χ1) is 12.1. The molecular weight excluding hydrogens is 334 g/mol. The first kappa shape index (κ1) is 17.8. The molecule has 2 aromatic rings. The van der Waals surface area contributed by atoms with E-state index in [9.17, 15) is 4.79 Å². The van der Waals surface area contributed by atoms with Gasteiger partial charge in [0.1, 0.15) is 0 Å². The lowest BCUT2D eigenvalue weighted by atomic mass is 9.89. The van der Waals surface area contributed by atoms with Gasteiger partial charge in [0.2, 0.25) is 11.9 Å². The van der Waals surface area contributed by atoms with E-state index in [1.165, 1.54) is 43.4 Å². The summed E-state index contributed by atoms with van der Waals surface area (Å²) in [5.41, 5.74) is 2.60. The molecule has 6 nitrogen and oxygen atoms in total. The van der Waals surface area contributed by atoms with Gasteiger partial charge in [0.15, 0.2) is 5.13 Å². The Morgan fingerprint density at radius 1 is 1.16 bits per heavy atom. The van der Waals surface area contributed by atoms with Crippen molar-refractivity contribution in [3.05, 3.63) is 28.5 Å². The van der Waals surface area contributed by atoms with Gasteiger partial charge in [-0.3, -0.25) is 4.79 Å². The van der Waals surface area contributed by atoms with Crippen LogP contribution in [0.3, 0.4) is 0 Å². The Kier molecular flexibility index (Phi) is 5.96. The van der Waals surface area contributed by atoms with Crippen LogP contribution in [0.4, 0.5) is 11.1 Å². The Labute approximate surface area is 152 Å². The van der Waals surface area contributed by atoms with Crippen LogP contribution in [-0.2, 0) is 11.2 Å². The summed E-state index contributed by atoms with van der Waals surface area (Å²) in [6.45, 7) is 4.66. The fraction of sp³-hybridized carbons (Fsp3) is 0.556. The fourth-order valence-electron chi connectivity index (χ4n) is 3.20. The molecule has 0 aliphatic heterocycles. The molecule has 0 saturated heterocycles. The van der Waals surface area contributed by atoms with E-state index < -0.39 is 0 Å². The van der Waals surface area contributed by atoms with Crippen molar-refractivity contribution >= 4 is 28.3 Å². The summed E-state index contributed by atoms with van der Waals surface area (Å²) in [7, 11) is 0. The average Bonchev–Trinajstić information content (AvgIpc) is 3.00. The minimum absolute atomic E-state index is 0.0464. The molecule has 1 fully saturated rings. The Hall–Kier alpha value is -2.02. The Morgan fingerprint density at radius 3 is 2.60 bits per heavy atom. The molecule has 1 aliphatic rings. The number of hydrogen-bond acceptors (Lipinski definition) is 6. The van der Waals surface area contributed by atoms with Crippen LogP contribution in [0.25, 0.3) is 0 Å². The monoisotopic (exact) mass is 359 g/mol. The predicted molar refractivity (Wildman–Crippen MR) is 100 cm³/mol. The first-order valence-electron chi connectivity index (χ1n) is 8.89. The van der Waals surface area contributed by atoms with E-state index in [2.05, 4.69) is 25.6 Å². The summed E-state index contributed by atoms with van der Waals surface area (Å²) in [6, 6.07) is 1.93. The smallest absolute Gasteiger partial charge is 0.229 e. The van der Waals surface area contributed by atoms with Crippen molar-refractivity contribution in [2.75, 3.05) is 11.9 Å². The maximum Gasteiger partial charge on any atom is 0.229 e. The first-order valence-corrected chi connectivity index (χ1v) is 9.77. The number of carbonyl (C=O) groups is 1. The molecule has 134 valence electrons. The second-order valence-corrected chi connectivity index (χ2v) is 7.59. The molecule has 2 heterocycles. The van der Waals surface area contributed by atoms with Crippen LogP contribution >= 0.6 is 11.3 Å². The van der Waals surface area contributed by atoms with Crippen LogP contribution in [-0.4, -0.2) is 27.4 Å². The summed E-state index contributed by atoms with van der Waals surface area (Å²) in [4.78, 5) is 25.3. The fourth-order valence-corrected chi connectivity index (χ4v) is 3.90. The van der Waals surface area contributed by atoms with Crippen molar-refractivity contribution in [2.45, 2.75) is 52.4 Å². The highest BCUT2D eigenvalue weighted by atomic mass is 32.1. The zero-order valence-corrected chi connectivity index (χ0v) is 15.7. The van der Waals surface area contributed by atoms with E-state index in [-0.39, 0.29) is 5.91 Å². The van der Waals surface area contributed by atoms with Gasteiger partial charge in [0.05, 0.1) is 12.1 Å². The topological polar surface area (TPSA) is 79.8 Å². The molecule has 0 bridgehead atoms. The molecule has 3 rings (SSSR count). The lowest BCUT2D eigenvalue weighted by Gasteiger charge is -2.21. The number of aryl methyl sites for hydroxylation is 2. The lowest BCUT2D eigenvalue weighted by Crippen LogP contribution is -2.31. The van der Waals surface area contributed by atoms with Gasteiger partial charge < -0.3 is 10.6 Å². The molecule has 0 spiro atoms. The van der Waals surface area contributed by atoms with Crippen LogP contribution in [0.5, 0.6) is 0 Å². The van der Waals surface area contributed by atoms with E-state index in [1.54, 1.807) is 0 Å². The number of aromatic nitrogens is 3. The third kappa shape index (κ3) is 5.49. The Morgan fingerprint density at radius 2 is 1.88 bits per heavy atom. The van der Waals surface area contributed by atoms with Crippen molar-refractivity contribution in [1.29, 1.82) is 0 Å². The summed E-state index contributed by atoms with van der Waals surface area (Å²) < 4.78 is 0. The van der Waals surface area contributed by atoms with Gasteiger partial charge in [0, 0.05) is 23.3 Å². The standard InChI is InChI=1S/C18H25N5OS/c1-12-8-13(2)21-17(20-12)23-18-22-15(11-25-18)9-16(24)19-10-14-6-4-3-5-7-14/h8,11,14H,3-7,9-10H2,1-2H3,(H,19,24)(H,20,21,22,23). The molecule has 0 radical (unpaired) electrons.